The predicted octanol–water partition coefficient (Wildman–Crippen LogP) is 1.25. The van der Waals surface area contributed by atoms with Gasteiger partial charge in [-0.25, -0.2) is 4.68 Å². The van der Waals surface area contributed by atoms with Gasteiger partial charge >= 0.3 is 0 Å². The average Bonchev–Trinajstić information content (AvgIpc) is 3.08. The minimum absolute atomic E-state index is 0.0482. The molecule has 1 saturated carbocycles. The number of methoxy groups -OCH3 is 1. The molecule has 0 unspecified atom stereocenters. The van der Waals surface area contributed by atoms with Crippen LogP contribution in [0.15, 0.2) is 30.6 Å². The Balaban J connectivity index is 1.45. The number of rotatable bonds is 6. The molecule has 0 radical (unpaired) electrons. The van der Waals surface area contributed by atoms with E-state index in [9.17, 15) is 5.11 Å². The Morgan fingerprint density at radius 1 is 1.25 bits per heavy atom. The number of β-amino-alcohol motifs (C(OH)–C–C–N with tert-alkyl or cyclic N) is 1. The molecule has 1 aliphatic carbocycles. The van der Waals surface area contributed by atoms with Crippen LogP contribution < -0.4 is 9.47 Å². The number of aliphatic hydroxyl groups excluding tert-OH is 1. The van der Waals surface area contributed by atoms with Crippen molar-refractivity contribution in [3.05, 3.63) is 36.2 Å². The van der Waals surface area contributed by atoms with Crippen LogP contribution in [-0.2, 0) is 6.54 Å². The van der Waals surface area contributed by atoms with Crippen LogP contribution in [0, 0.1) is 0 Å². The Morgan fingerprint density at radius 2 is 2.12 bits per heavy atom. The molecule has 0 amide bonds. The monoisotopic (exact) mass is 330 g/mol. The zero-order chi connectivity index (χ0) is 16.5. The third-order valence-electron chi connectivity index (χ3n) is 4.57. The van der Waals surface area contributed by atoms with Crippen LogP contribution in [0.25, 0.3) is 0 Å². The van der Waals surface area contributed by atoms with Gasteiger partial charge in [-0.05, 0) is 30.5 Å². The molecule has 1 aromatic carbocycles. The Morgan fingerprint density at radius 3 is 2.83 bits per heavy atom. The van der Waals surface area contributed by atoms with E-state index in [1.807, 2.05) is 18.2 Å². The fourth-order valence-electron chi connectivity index (χ4n) is 3.17. The van der Waals surface area contributed by atoms with Gasteiger partial charge in [0.15, 0.2) is 11.5 Å². The third kappa shape index (κ3) is 3.22. The van der Waals surface area contributed by atoms with Gasteiger partial charge in [0.05, 0.1) is 31.6 Å². The molecular formula is C17H22N4O3. The second kappa shape index (κ2) is 6.41. The molecule has 0 spiro atoms. The highest BCUT2D eigenvalue weighted by Gasteiger charge is 2.33. The van der Waals surface area contributed by atoms with Gasteiger partial charge in [0.2, 0.25) is 0 Å². The molecule has 1 N–H and O–H groups in total. The lowest BCUT2D eigenvalue weighted by Gasteiger charge is -2.17. The van der Waals surface area contributed by atoms with E-state index in [0.717, 1.165) is 43.0 Å². The topological polar surface area (TPSA) is 72.6 Å². The lowest BCUT2D eigenvalue weighted by molar-refractivity contribution is 0.138. The molecule has 0 bridgehead atoms. The zero-order valence-corrected chi connectivity index (χ0v) is 13.7. The van der Waals surface area contributed by atoms with Gasteiger partial charge in [-0.1, -0.05) is 11.3 Å². The molecule has 4 rings (SSSR count). The smallest absolute Gasteiger partial charge is 0.161 e. The van der Waals surface area contributed by atoms with Crippen LogP contribution in [0.5, 0.6) is 11.5 Å². The van der Waals surface area contributed by atoms with Crippen LogP contribution in [0.3, 0.4) is 0 Å². The number of ether oxygens (including phenoxy) is 2. The quantitative estimate of drug-likeness (QED) is 0.859. The highest BCUT2D eigenvalue weighted by atomic mass is 16.5. The Hall–Kier alpha value is -2.12. The fraction of sp³-hybridized carbons (Fsp3) is 0.529. The van der Waals surface area contributed by atoms with Crippen LogP contribution in [0.4, 0.5) is 0 Å². The first-order valence-electron chi connectivity index (χ1n) is 8.32. The van der Waals surface area contributed by atoms with Crippen molar-refractivity contribution in [2.45, 2.75) is 37.6 Å². The number of hydrogen-bond acceptors (Lipinski definition) is 6. The van der Waals surface area contributed by atoms with E-state index in [1.165, 1.54) is 0 Å². The molecule has 2 fully saturated rings. The van der Waals surface area contributed by atoms with Crippen molar-refractivity contribution >= 4 is 0 Å². The molecule has 1 aliphatic heterocycles. The number of nitrogens with zero attached hydrogens (tertiary/aromatic N) is 4. The zero-order valence-electron chi connectivity index (χ0n) is 13.7. The summed E-state index contributed by atoms with van der Waals surface area (Å²) < 4.78 is 13.1. The van der Waals surface area contributed by atoms with E-state index in [-0.39, 0.29) is 6.04 Å². The molecule has 7 heteroatoms. The summed E-state index contributed by atoms with van der Waals surface area (Å²) in [4.78, 5) is 2.22. The van der Waals surface area contributed by atoms with Crippen molar-refractivity contribution in [3.8, 4) is 11.5 Å². The minimum atomic E-state index is -0.438. The van der Waals surface area contributed by atoms with Gasteiger partial charge in [-0.2, -0.15) is 0 Å². The number of aliphatic hydroxyl groups is 1. The molecule has 7 nitrogen and oxygen atoms in total. The maximum atomic E-state index is 10.3. The van der Waals surface area contributed by atoms with Crippen LogP contribution in [0.1, 0.15) is 24.4 Å². The van der Waals surface area contributed by atoms with Gasteiger partial charge in [0.1, 0.15) is 0 Å². The normalized spacial score (nSPS) is 24.2. The molecule has 2 heterocycles. The first-order chi connectivity index (χ1) is 11.7. The fourth-order valence-corrected chi connectivity index (χ4v) is 3.17. The Bertz CT molecular complexity index is 687. The lowest BCUT2D eigenvalue weighted by Crippen LogP contribution is -2.22. The van der Waals surface area contributed by atoms with E-state index in [4.69, 9.17) is 9.47 Å². The maximum absolute atomic E-state index is 10.3. The molecule has 1 saturated heterocycles. The van der Waals surface area contributed by atoms with Gasteiger partial charge < -0.3 is 14.6 Å². The third-order valence-corrected chi connectivity index (χ3v) is 4.57. The molecule has 128 valence electrons. The molecule has 24 heavy (non-hydrogen) atoms. The van der Waals surface area contributed by atoms with Crippen LogP contribution >= 0.6 is 0 Å². The maximum Gasteiger partial charge on any atom is 0.161 e. The summed E-state index contributed by atoms with van der Waals surface area (Å²) in [7, 11) is 1.66. The van der Waals surface area contributed by atoms with Crippen LogP contribution in [-0.4, -0.2) is 57.4 Å². The Kier molecular flexibility index (Phi) is 4.12. The van der Waals surface area contributed by atoms with E-state index < -0.39 is 6.10 Å². The second-order valence-corrected chi connectivity index (χ2v) is 6.51. The van der Waals surface area contributed by atoms with E-state index in [2.05, 4.69) is 15.2 Å². The summed E-state index contributed by atoms with van der Waals surface area (Å²) in [6, 6.07) is 6.00. The van der Waals surface area contributed by atoms with E-state index >= 15 is 0 Å². The number of benzene rings is 1. The lowest BCUT2D eigenvalue weighted by atomic mass is 10.2. The number of likely N-dealkylation sites (tertiary alicyclic amines) is 1. The highest BCUT2D eigenvalue weighted by Crippen LogP contribution is 2.35. The summed E-state index contributed by atoms with van der Waals surface area (Å²) in [5.74, 6) is 1.58. The summed E-state index contributed by atoms with van der Waals surface area (Å²) in [6.45, 7) is 2.12. The van der Waals surface area contributed by atoms with Crippen molar-refractivity contribution in [2.24, 2.45) is 0 Å². The summed E-state index contributed by atoms with van der Waals surface area (Å²) in [5, 5.41) is 18.1. The predicted molar refractivity (Wildman–Crippen MR) is 87.0 cm³/mol. The molecule has 2 atom stereocenters. The average molecular weight is 330 g/mol. The van der Waals surface area contributed by atoms with Gasteiger partial charge in [-0.3, -0.25) is 4.90 Å². The second-order valence-electron chi connectivity index (χ2n) is 6.51. The van der Waals surface area contributed by atoms with Crippen molar-refractivity contribution in [1.29, 1.82) is 0 Å². The van der Waals surface area contributed by atoms with E-state index in [0.29, 0.717) is 12.6 Å². The van der Waals surface area contributed by atoms with Crippen LogP contribution in [0.2, 0.25) is 0 Å². The summed E-state index contributed by atoms with van der Waals surface area (Å²) >= 11 is 0. The van der Waals surface area contributed by atoms with E-state index in [1.54, 1.807) is 24.2 Å². The SMILES string of the molecule is COc1ccc(CN2C[C@@H](O)[C@H](n3ccnn3)C2)cc1OC1CC1. The molecule has 1 aromatic heterocycles. The Labute approximate surface area is 140 Å². The minimum Gasteiger partial charge on any atom is -0.493 e. The molecular weight excluding hydrogens is 308 g/mol. The van der Waals surface area contributed by atoms with Gasteiger partial charge in [-0.15, -0.1) is 5.10 Å². The van der Waals surface area contributed by atoms with Crippen molar-refractivity contribution in [2.75, 3.05) is 20.2 Å². The van der Waals surface area contributed by atoms with Crippen molar-refractivity contribution in [1.82, 2.24) is 19.9 Å². The summed E-state index contributed by atoms with van der Waals surface area (Å²) in [6.07, 6.45) is 5.56. The van der Waals surface area contributed by atoms with Gasteiger partial charge in [0, 0.05) is 25.8 Å². The highest BCUT2D eigenvalue weighted by molar-refractivity contribution is 5.43. The number of aromatic nitrogens is 3. The first-order valence-corrected chi connectivity index (χ1v) is 8.32. The molecule has 2 aliphatic rings. The summed E-state index contributed by atoms with van der Waals surface area (Å²) in [5.41, 5.74) is 1.15. The molecule has 2 aromatic rings. The number of hydrogen-bond donors (Lipinski definition) is 1. The van der Waals surface area contributed by atoms with Gasteiger partial charge in [0.25, 0.3) is 0 Å². The van der Waals surface area contributed by atoms with Crippen molar-refractivity contribution < 1.29 is 14.6 Å². The van der Waals surface area contributed by atoms with Crippen molar-refractivity contribution in [3.63, 3.8) is 0 Å². The standard InChI is InChI=1S/C17H22N4O3/c1-23-16-5-2-12(8-17(16)24-13-3-4-13)9-20-10-14(15(22)11-20)21-7-6-18-19-21/h2,5-8,13-15,22H,3-4,9-11H2,1H3/t14-,15-/m1/s1. The largest absolute Gasteiger partial charge is 0.493 e. The first kappa shape index (κ1) is 15.4.